The number of aryl methyl sites for hydroxylation is 2. The van der Waals surface area contributed by atoms with E-state index >= 15 is 0 Å². The van der Waals surface area contributed by atoms with Crippen LogP contribution >= 0.6 is 0 Å². The zero-order valence-corrected chi connectivity index (χ0v) is 8.81. The molecule has 0 atom stereocenters. The van der Waals surface area contributed by atoms with Gasteiger partial charge in [-0.3, -0.25) is 9.97 Å². The van der Waals surface area contributed by atoms with Gasteiger partial charge in [0.15, 0.2) is 0 Å². The molecular weight excluding hydrogens is 186 g/mol. The van der Waals surface area contributed by atoms with E-state index in [0.29, 0.717) is 0 Å². The minimum atomic E-state index is 0.897. The monoisotopic (exact) mass is 198 g/mol. The molecule has 2 heterocycles. The van der Waals surface area contributed by atoms with Gasteiger partial charge in [-0.05, 0) is 38.1 Å². The molecule has 0 aromatic carbocycles. The van der Waals surface area contributed by atoms with Gasteiger partial charge in [0.2, 0.25) is 0 Å². The van der Waals surface area contributed by atoms with Gasteiger partial charge >= 0.3 is 0 Å². The Balaban J connectivity index is 2.30. The first-order chi connectivity index (χ1) is 7.27. The highest BCUT2D eigenvalue weighted by Gasteiger charge is 2.03. The van der Waals surface area contributed by atoms with Crippen LogP contribution in [0.4, 0.5) is 11.4 Å². The summed E-state index contributed by atoms with van der Waals surface area (Å²) in [7, 11) is 0. The molecule has 2 aromatic rings. The molecular formula is C12H12N3. The van der Waals surface area contributed by atoms with Crippen LogP contribution in [0.5, 0.6) is 0 Å². The van der Waals surface area contributed by atoms with Crippen molar-refractivity contribution >= 4 is 11.4 Å². The van der Waals surface area contributed by atoms with Crippen molar-refractivity contribution < 1.29 is 0 Å². The Labute approximate surface area is 89.2 Å². The number of aromatic nitrogens is 2. The van der Waals surface area contributed by atoms with Crippen LogP contribution in [0, 0.1) is 13.8 Å². The van der Waals surface area contributed by atoms with E-state index in [1.807, 2.05) is 38.1 Å². The van der Waals surface area contributed by atoms with Gasteiger partial charge in [0.25, 0.3) is 0 Å². The molecule has 3 heteroatoms. The normalized spacial score (nSPS) is 10.0. The Morgan fingerprint density at radius 1 is 0.867 bits per heavy atom. The molecule has 75 valence electrons. The van der Waals surface area contributed by atoms with E-state index in [1.54, 1.807) is 12.4 Å². The SMILES string of the molecule is Cc1ncccc1[N]c1cccnc1C. The molecule has 0 bridgehead atoms. The summed E-state index contributed by atoms with van der Waals surface area (Å²) < 4.78 is 0. The highest BCUT2D eigenvalue weighted by atomic mass is 14.9. The van der Waals surface area contributed by atoms with E-state index in [-0.39, 0.29) is 0 Å². The summed E-state index contributed by atoms with van der Waals surface area (Å²) in [6, 6.07) is 7.68. The molecule has 2 aromatic heterocycles. The van der Waals surface area contributed by atoms with Gasteiger partial charge in [-0.15, -0.1) is 0 Å². The summed E-state index contributed by atoms with van der Waals surface area (Å²) in [6.07, 6.45) is 3.54. The number of hydrogen-bond acceptors (Lipinski definition) is 2. The standard InChI is InChI=1S/C12H12N3/c1-9-11(5-3-7-13-9)15-12-6-4-8-14-10(12)2/h3-8H,1-2H3. The van der Waals surface area contributed by atoms with E-state index in [4.69, 9.17) is 0 Å². The molecule has 0 fully saturated rings. The summed E-state index contributed by atoms with van der Waals surface area (Å²) >= 11 is 0. The maximum atomic E-state index is 4.52. The highest BCUT2D eigenvalue weighted by Crippen LogP contribution is 2.20. The number of rotatable bonds is 2. The van der Waals surface area contributed by atoms with Crippen LogP contribution in [0.15, 0.2) is 36.7 Å². The van der Waals surface area contributed by atoms with Gasteiger partial charge in [-0.1, -0.05) is 0 Å². The highest BCUT2D eigenvalue weighted by molar-refractivity contribution is 5.52. The van der Waals surface area contributed by atoms with E-state index in [0.717, 1.165) is 22.8 Å². The van der Waals surface area contributed by atoms with Gasteiger partial charge in [0.05, 0.1) is 22.8 Å². The van der Waals surface area contributed by atoms with Crippen molar-refractivity contribution in [2.45, 2.75) is 13.8 Å². The molecule has 0 saturated carbocycles. The van der Waals surface area contributed by atoms with Crippen molar-refractivity contribution in [1.82, 2.24) is 15.3 Å². The lowest BCUT2D eigenvalue weighted by Crippen LogP contribution is -1.96. The lowest BCUT2D eigenvalue weighted by atomic mass is 10.2. The summed E-state index contributed by atoms with van der Waals surface area (Å²) in [5.41, 5.74) is 3.66. The minimum absolute atomic E-state index is 0.897. The Hall–Kier alpha value is -1.90. The second-order valence-electron chi connectivity index (χ2n) is 3.33. The Kier molecular flexibility index (Phi) is 2.63. The predicted molar refractivity (Wildman–Crippen MR) is 59.4 cm³/mol. The second-order valence-corrected chi connectivity index (χ2v) is 3.33. The molecule has 0 spiro atoms. The van der Waals surface area contributed by atoms with Crippen LogP contribution in [0.25, 0.3) is 0 Å². The minimum Gasteiger partial charge on any atom is -0.259 e. The predicted octanol–water partition coefficient (Wildman–Crippen LogP) is 2.66. The van der Waals surface area contributed by atoms with Crippen LogP contribution in [-0.2, 0) is 0 Å². The van der Waals surface area contributed by atoms with Crippen molar-refractivity contribution in [3.8, 4) is 0 Å². The topological polar surface area (TPSA) is 39.9 Å². The van der Waals surface area contributed by atoms with Crippen molar-refractivity contribution in [3.63, 3.8) is 0 Å². The number of pyridine rings is 2. The molecule has 0 N–H and O–H groups in total. The fraction of sp³-hybridized carbons (Fsp3) is 0.167. The summed E-state index contributed by atoms with van der Waals surface area (Å²) in [6.45, 7) is 3.90. The van der Waals surface area contributed by atoms with Crippen molar-refractivity contribution in [3.05, 3.63) is 48.0 Å². The molecule has 0 amide bonds. The fourth-order valence-electron chi connectivity index (χ4n) is 1.32. The molecule has 2 rings (SSSR count). The zero-order chi connectivity index (χ0) is 10.7. The quantitative estimate of drug-likeness (QED) is 0.744. The fourth-order valence-corrected chi connectivity index (χ4v) is 1.32. The summed E-state index contributed by atoms with van der Waals surface area (Å²) in [5, 5.41) is 4.52. The van der Waals surface area contributed by atoms with Crippen LogP contribution in [0.2, 0.25) is 0 Å². The van der Waals surface area contributed by atoms with Crippen molar-refractivity contribution in [1.29, 1.82) is 0 Å². The van der Waals surface area contributed by atoms with Crippen molar-refractivity contribution in [2.24, 2.45) is 0 Å². The Morgan fingerprint density at radius 2 is 1.33 bits per heavy atom. The third-order valence-corrected chi connectivity index (χ3v) is 2.20. The van der Waals surface area contributed by atoms with Gasteiger partial charge < -0.3 is 0 Å². The Morgan fingerprint density at radius 3 is 1.73 bits per heavy atom. The number of nitrogens with zero attached hydrogens (tertiary/aromatic N) is 3. The average molecular weight is 198 g/mol. The zero-order valence-electron chi connectivity index (χ0n) is 8.81. The van der Waals surface area contributed by atoms with E-state index in [9.17, 15) is 0 Å². The number of hydrogen-bond donors (Lipinski definition) is 0. The molecule has 0 aliphatic carbocycles. The molecule has 0 aliphatic heterocycles. The third-order valence-electron chi connectivity index (χ3n) is 2.20. The first kappa shape index (κ1) is 9.65. The van der Waals surface area contributed by atoms with E-state index < -0.39 is 0 Å². The van der Waals surface area contributed by atoms with Crippen molar-refractivity contribution in [2.75, 3.05) is 0 Å². The molecule has 3 nitrogen and oxygen atoms in total. The first-order valence-electron chi connectivity index (χ1n) is 4.82. The van der Waals surface area contributed by atoms with Gasteiger partial charge in [0, 0.05) is 12.4 Å². The second kappa shape index (κ2) is 4.09. The van der Waals surface area contributed by atoms with Crippen LogP contribution in [0.3, 0.4) is 0 Å². The molecule has 0 saturated heterocycles. The lowest BCUT2D eigenvalue weighted by Gasteiger charge is -2.06. The molecule has 0 aliphatic rings. The maximum Gasteiger partial charge on any atom is 0.0850 e. The van der Waals surface area contributed by atoms with Gasteiger partial charge in [-0.2, -0.15) is 0 Å². The average Bonchev–Trinajstić information content (AvgIpc) is 2.24. The molecule has 1 radical (unpaired) electrons. The largest absolute Gasteiger partial charge is 0.259 e. The Bertz CT molecular complexity index is 422. The molecule has 0 unspecified atom stereocenters. The summed E-state index contributed by atoms with van der Waals surface area (Å²) in [4.78, 5) is 8.38. The maximum absolute atomic E-state index is 4.52. The van der Waals surface area contributed by atoms with Crippen LogP contribution in [-0.4, -0.2) is 9.97 Å². The van der Waals surface area contributed by atoms with Gasteiger partial charge in [-0.25, -0.2) is 5.32 Å². The van der Waals surface area contributed by atoms with Gasteiger partial charge in [0.1, 0.15) is 0 Å². The smallest absolute Gasteiger partial charge is 0.0850 e. The first-order valence-corrected chi connectivity index (χ1v) is 4.82. The van der Waals surface area contributed by atoms with E-state index in [2.05, 4.69) is 15.3 Å². The summed E-state index contributed by atoms with van der Waals surface area (Å²) in [5.74, 6) is 0. The lowest BCUT2D eigenvalue weighted by molar-refractivity contribution is 1.06. The molecule has 15 heavy (non-hydrogen) atoms. The third kappa shape index (κ3) is 2.13. The van der Waals surface area contributed by atoms with Crippen LogP contribution in [0.1, 0.15) is 11.4 Å². The van der Waals surface area contributed by atoms with Crippen LogP contribution < -0.4 is 5.32 Å². The van der Waals surface area contributed by atoms with E-state index in [1.165, 1.54) is 0 Å².